The molecule has 0 aromatic heterocycles. The zero-order chi connectivity index (χ0) is 13.3. The molecule has 0 spiro atoms. The summed E-state index contributed by atoms with van der Waals surface area (Å²) >= 11 is 23.9. The molecular weight excluding hydrogens is 316 g/mol. The van der Waals surface area contributed by atoms with Gasteiger partial charge in [-0.1, -0.05) is 46.4 Å². The molecule has 1 atom stereocenters. The number of ketones is 1. The van der Waals surface area contributed by atoms with Crippen molar-refractivity contribution < 1.29 is 4.79 Å². The lowest BCUT2D eigenvalue weighted by molar-refractivity contribution is 0.0900. The first-order chi connectivity index (χ1) is 8.52. The molecule has 0 bridgehead atoms. The largest absolute Gasteiger partial charge is 0.316 e. The van der Waals surface area contributed by atoms with Gasteiger partial charge in [-0.05, 0) is 25.5 Å². The van der Waals surface area contributed by atoms with E-state index in [0.29, 0.717) is 6.54 Å². The molecular formula is C12H11Cl4NO. The molecule has 1 aliphatic heterocycles. The second-order valence-electron chi connectivity index (χ2n) is 4.25. The van der Waals surface area contributed by atoms with Gasteiger partial charge >= 0.3 is 0 Å². The van der Waals surface area contributed by atoms with E-state index in [0.717, 1.165) is 19.4 Å². The van der Waals surface area contributed by atoms with Crippen LogP contribution >= 0.6 is 46.4 Å². The highest BCUT2D eigenvalue weighted by atomic mass is 35.5. The monoisotopic (exact) mass is 325 g/mol. The molecule has 2 rings (SSSR count). The third-order valence-corrected chi connectivity index (χ3v) is 4.59. The summed E-state index contributed by atoms with van der Waals surface area (Å²) in [5.41, 5.74) is 0.279. The maximum Gasteiger partial charge on any atom is 0.170 e. The Labute approximate surface area is 126 Å². The van der Waals surface area contributed by atoms with E-state index < -0.39 is 0 Å². The van der Waals surface area contributed by atoms with E-state index in [2.05, 4.69) is 5.32 Å². The topological polar surface area (TPSA) is 29.1 Å². The Hall–Kier alpha value is 0.01000. The fraction of sp³-hybridized carbons (Fsp3) is 0.417. The minimum atomic E-state index is -0.106. The third kappa shape index (κ3) is 2.78. The van der Waals surface area contributed by atoms with Gasteiger partial charge in [-0.3, -0.25) is 4.79 Å². The number of halogens is 4. The highest BCUT2D eigenvalue weighted by Gasteiger charge is 2.27. The SMILES string of the molecule is O=C(c1c(Cl)cc(Cl)c(Cl)c1Cl)C1CCCNC1. The molecule has 1 aromatic rings. The molecule has 1 saturated heterocycles. The van der Waals surface area contributed by atoms with Crippen LogP contribution in [0, 0.1) is 5.92 Å². The molecule has 98 valence electrons. The van der Waals surface area contributed by atoms with Gasteiger partial charge in [0.15, 0.2) is 5.78 Å². The summed E-state index contributed by atoms with van der Waals surface area (Å²) in [7, 11) is 0. The molecule has 1 N–H and O–H groups in total. The van der Waals surface area contributed by atoms with Gasteiger partial charge in [-0.2, -0.15) is 0 Å². The van der Waals surface area contributed by atoms with Crippen molar-refractivity contribution in [3.05, 3.63) is 31.7 Å². The van der Waals surface area contributed by atoms with Crippen LogP contribution in [-0.2, 0) is 0 Å². The number of piperidine rings is 1. The minimum absolute atomic E-state index is 0.0734. The number of rotatable bonds is 2. The smallest absolute Gasteiger partial charge is 0.170 e. The molecule has 1 heterocycles. The van der Waals surface area contributed by atoms with E-state index in [1.165, 1.54) is 6.07 Å². The minimum Gasteiger partial charge on any atom is -0.316 e. The lowest BCUT2D eigenvalue weighted by Crippen LogP contribution is -2.34. The van der Waals surface area contributed by atoms with E-state index in [9.17, 15) is 4.79 Å². The fourth-order valence-electron chi connectivity index (χ4n) is 2.07. The van der Waals surface area contributed by atoms with Crippen molar-refractivity contribution in [2.45, 2.75) is 12.8 Å². The molecule has 0 saturated carbocycles. The fourth-order valence-corrected chi connectivity index (χ4v) is 3.17. The maximum atomic E-state index is 12.4. The summed E-state index contributed by atoms with van der Waals surface area (Å²) in [6.07, 6.45) is 1.80. The highest BCUT2D eigenvalue weighted by Crippen LogP contribution is 2.38. The average Bonchev–Trinajstić information content (AvgIpc) is 2.37. The van der Waals surface area contributed by atoms with Crippen LogP contribution in [0.4, 0.5) is 0 Å². The van der Waals surface area contributed by atoms with Crippen LogP contribution in [0.5, 0.6) is 0 Å². The van der Waals surface area contributed by atoms with E-state index in [4.69, 9.17) is 46.4 Å². The first kappa shape index (κ1) is 14.4. The second kappa shape index (κ2) is 5.98. The van der Waals surface area contributed by atoms with E-state index >= 15 is 0 Å². The Morgan fingerprint density at radius 3 is 2.50 bits per heavy atom. The van der Waals surface area contributed by atoms with Crippen molar-refractivity contribution in [1.82, 2.24) is 5.32 Å². The first-order valence-electron chi connectivity index (χ1n) is 5.60. The van der Waals surface area contributed by atoms with Gasteiger partial charge in [-0.25, -0.2) is 0 Å². The second-order valence-corrected chi connectivity index (χ2v) is 5.82. The van der Waals surface area contributed by atoms with Gasteiger partial charge in [0.25, 0.3) is 0 Å². The summed E-state index contributed by atoms with van der Waals surface area (Å²) in [5.74, 6) is -0.179. The Kier molecular flexibility index (Phi) is 4.79. The van der Waals surface area contributed by atoms with Gasteiger partial charge in [0, 0.05) is 12.5 Å². The predicted octanol–water partition coefficient (Wildman–Crippen LogP) is 4.48. The van der Waals surface area contributed by atoms with Gasteiger partial charge in [0.05, 0.1) is 25.7 Å². The molecule has 0 amide bonds. The summed E-state index contributed by atoms with van der Waals surface area (Å²) < 4.78 is 0. The van der Waals surface area contributed by atoms with Crippen LogP contribution in [0.15, 0.2) is 6.07 Å². The zero-order valence-corrected chi connectivity index (χ0v) is 12.4. The number of Topliss-reactive ketones (excluding diaryl/α,β-unsaturated/α-hetero) is 1. The molecule has 1 aromatic carbocycles. The Bertz CT molecular complexity index is 483. The van der Waals surface area contributed by atoms with Gasteiger partial charge in [-0.15, -0.1) is 0 Å². The van der Waals surface area contributed by atoms with Crippen LogP contribution in [-0.4, -0.2) is 18.9 Å². The quantitative estimate of drug-likeness (QED) is 0.493. The first-order valence-corrected chi connectivity index (χ1v) is 7.11. The third-order valence-electron chi connectivity index (χ3n) is 3.03. The van der Waals surface area contributed by atoms with E-state index in [1.54, 1.807) is 0 Å². The number of nitrogens with one attached hydrogen (secondary N) is 1. The Morgan fingerprint density at radius 1 is 1.17 bits per heavy atom. The molecule has 18 heavy (non-hydrogen) atoms. The predicted molar refractivity (Wildman–Crippen MR) is 76.4 cm³/mol. The van der Waals surface area contributed by atoms with Crippen LogP contribution < -0.4 is 5.32 Å². The zero-order valence-electron chi connectivity index (χ0n) is 9.40. The van der Waals surface area contributed by atoms with Crippen LogP contribution in [0.25, 0.3) is 0 Å². The number of carbonyl (C=O) groups is 1. The standard InChI is InChI=1S/C12H11Cl4NO/c13-7-4-8(14)10(15)11(16)9(7)12(18)6-2-1-3-17-5-6/h4,6,17H,1-3,5H2. The van der Waals surface area contributed by atoms with Gasteiger partial charge < -0.3 is 5.32 Å². The Morgan fingerprint density at radius 2 is 1.89 bits per heavy atom. The summed E-state index contributed by atoms with van der Waals surface area (Å²) in [4.78, 5) is 12.4. The van der Waals surface area contributed by atoms with Crippen LogP contribution in [0.1, 0.15) is 23.2 Å². The maximum absolute atomic E-state index is 12.4. The number of benzene rings is 1. The normalized spacial score (nSPS) is 19.9. The number of hydrogen-bond acceptors (Lipinski definition) is 2. The molecule has 1 aliphatic rings. The van der Waals surface area contributed by atoms with Crippen molar-refractivity contribution in [2.75, 3.05) is 13.1 Å². The number of hydrogen-bond donors (Lipinski definition) is 1. The van der Waals surface area contributed by atoms with E-state index in [1.807, 2.05) is 0 Å². The van der Waals surface area contributed by atoms with Crippen molar-refractivity contribution in [2.24, 2.45) is 5.92 Å². The molecule has 0 radical (unpaired) electrons. The van der Waals surface area contributed by atoms with Crippen molar-refractivity contribution >= 4 is 52.2 Å². The molecule has 6 heteroatoms. The molecule has 1 fully saturated rings. The Balaban J connectivity index is 2.38. The summed E-state index contributed by atoms with van der Waals surface area (Å²) in [6, 6.07) is 1.46. The van der Waals surface area contributed by atoms with Gasteiger partial charge in [0.2, 0.25) is 0 Å². The highest BCUT2D eigenvalue weighted by molar-refractivity contribution is 6.51. The molecule has 1 unspecified atom stereocenters. The number of carbonyl (C=O) groups excluding carboxylic acids is 1. The van der Waals surface area contributed by atoms with E-state index in [-0.39, 0.29) is 37.4 Å². The van der Waals surface area contributed by atoms with Crippen LogP contribution in [0.3, 0.4) is 0 Å². The molecule has 2 nitrogen and oxygen atoms in total. The lowest BCUT2D eigenvalue weighted by atomic mass is 9.91. The van der Waals surface area contributed by atoms with Crippen molar-refractivity contribution in [1.29, 1.82) is 0 Å². The summed E-state index contributed by atoms with van der Waals surface area (Å²) in [5, 5.41) is 4.01. The lowest BCUT2D eigenvalue weighted by Gasteiger charge is -2.22. The van der Waals surface area contributed by atoms with Crippen molar-refractivity contribution in [3.63, 3.8) is 0 Å². The van der Waals surface area contributed by atoms with Crippen LogP contribution in [0.2, 0.25) is 20.1 Å². The average molecular weight is 327 g/mol. The van der Waals surface area contributed by atoms with Crippen molar-refractivity contribution in [3.8, 4) is 0 Å². The summed E-state index contributed by atoms with van der Waals surface area (Å²) in [6.45, 7) is 1.58. The molecule has 0 aliphatic carbocycles. The van der Waals surface area contributed by atoms with Gasteiger partial charge in [0.1, 0.15) is 0 Å².